The summed E-state index contributed by atoms with van der Waals surface area (Å²) in [7, 11) is 1.85. The zero-order chi connectivity index (χ0) is 15.8. The van der Waals surface area contributed by atoms with Crippen LogP contribution in [-0.4, -0.2) is 66.9 Å². The van der Waals surface area contributed by atoms with E-state index in [0.717, 1.165) is 0 Å². The predicted octanol–water partition coefficient (Wildman–Crippen LogP) is 0.310. The zero-order valence-electron chi connectivity index (χ0n) is 13.5. The largest absolute Gasteiger partial charge is 0.372 e. The Balaban J connectivity index is 2.03. The molecule has 0 aliphatic carbocycles. The molecule has 21 heavy (non-hydrogen) atoms. The highest BCUT2D eigenvalue weighted by Crippen LogP contribution is 2.34. The predicted molar refractivity (Wildman–Crippen MR) is 78.0 cm³/mol. The molecule has 6 nitrogen and oxygen atoms in total. The van der Waals surface area contributed by atoms with Crippen LogP contribution in [0, 0.1) is 5.41 Å². The minimum Gasteiger partial charge on any atom is -0.372 e. The Labute approximate surface area is 125 Å². The molecular weight excluding hydrogens is 275 g/mol. The van der Waals surface area contributed by atoms with Crippen LogP contribution in [0.1, 0.15) is 27.7 Å². The lowest BCUT2D eigenvalue weighted by Crippen LogP contribution is -2.61. The van der Waals surface area contributed by atoms with E-state index in [4.69, 9.17) is 4.74 Å². The molecule has 2 aliphatic rings. The smallest absolute Gasteiger partial charge is 0.242 e. The third-order valence-electron chi connectivity index (χ3n) is 4.01. The topological polar surface area (TPSA) is 56.8 Å². The fraction of sp³-hybridized carbons (Fsp3) is 0.929. The number of hydrogen-bond donors (Lipinski definition) is 2. The summed E-state index contributed by atoms with van der Waals surface area (Å²) in [6.07, 6.45) is -1.66. The van der Waals surface area contributed by atoms with Gasteiger partial charge in [0.15, 0.2) is 0 Å². The summed E-state index contributed by atoms with van der Waals surface area (Å²) in [5.74, 6) is -0.0643. The van der Waals surface area contributed by atoms with Crippen LogP contribution >= 0.6 is 0 Å². The van der Waals surface area contributed by atoms with Gasteiger partial charge >= 0.3 is 0 Å². The maximum absolute atomic E-state index is 14.5. The number of likely N-dealkylation sites (tertiary alicyclic amines) is 1. The molecule has 2 N–H and O–H groups in total. The van der Waals surface area contributed by atoms with Gasteiger partial charge in [0.05, 0.1) is 18.8 Å². The first kappa shape index (κ1) is 16.6. The Morgan fingerprint density at radius 3 is 2.52 bits per heavy atom. The van der Waals surface area contributed by atoms with Crippen molar-refractivity contribution in [2.75, 3.05) is 26.7 Å². The van der Waals surface area contributed by atoms with Crippen molar-refractivity contribution in [2.45, 2.75) is 52.1 Å². The van der Waals surface area contributed by atoms with Crippen LogP contribution in [0.3, 0.4) is 0 Å². The lowest BCUT2D eigenvalue weighted by atomic mass is 9.79. The van der Waals surface area contributed by atoms with E-state index in [1.807, 2.05) is 34.7 Å². The minimum atomic E-state index is -1.16. The monoisotopic (exact) mass is 302 g/mol. The van der Waals surface area contributed by atoms with Gasteiger partial charge in [-0.15, -0.1) is 0 Å². The summed E-state index contributed by atoms with van der Waals surface area (Å²) in [5.41, 5.74) is 5.39. The maximum Gasteiger partial charge on any atom is 0.242 e. The number of carbonyl (C=O) groups excluding carboxylic acids is 1. The van der Waals surface area contributed by atoms with E-state index >= 15 is 0 Å². The molecule has 1 unspecified atom stereocenters. The molecule has 0 saturated carbocycles. The van der Waals surface area contributed by atoms with Crippen LogP contribution in [0.25, 0.3) is 0 Å². The zero-order valence-corrected chi connectivity index (χ0v) is 13.5. The summed E-state index contributed by atoms with van der Waals surface area (Å²) >= 11 is 0. The van der Waals surface area contributed by atoms with Crippen LogP contribution in [0.5, 0.6) is 0 Å². The molecular formula is C14H27FN4O2. The molecule has 1 amide bonds. The molecule has 0 radical (unpaired) electrons. The van der Waals surface area contributed by atoms with Crippen molar-refractivity contribution in [1.82, 2.24) is 20.9 Å². The molecule has 2 fully saturated rings. The van der Waals surface area contributed by atoms with Gasteiger partial charge in [-0.2, -0.15) is 5.53 Å². The number of halogens is 1. The number of hydrogen-bond acceptors (Lipinski definition) is 5. The number of alkyl halides is 1. The Hall–Kier alpha value is -0.760. The number of amides is 1. The number of carbonyl (C=O) groups is 1. The average Bonchev–Trinajstić information content (AvgIpc) is 2.79. The van der Waals surface area contributed by atoms with Crippen LogP contribution < -0.4 is 11.0 Å². The van der Waals surface area contributed by atoms with Crippen molar-refractivity contribution >= 4 is 5.91 Å². The lowest BCUT2D eigenvalue weighted by Gasteiger charge is -2.46. The molecule has 2 heterocycles. The summed E-state index contributed by atoms with van der Waals surface area (Å²) in [6.45, 7) is 8.90. The molecule has 2 saturated heterocycles. The fourth-order valence-corrected chi connectivity index (χ4v) is 3.09. The molecule has 2 rings (SSSR count). The summed E-state index contributed by atoms with van der Waals surface area (Å²) < 4.78 is 20.3. The van der Waals surface area contributed by atoms with Crippen LogP contribution in [0.2, 0.25) is 0 Å². The van der Waals surface area contributed by atoms with Crippen molar-refractivity contribution in [3.63, 3.8) is 0 Å². The van der Waals surface area contributed by atoms with Gasteiger partial charge < -0.3 is 9.64 Å². The van der Waals surface area contributed by atoms with Crippen molar-refractivity contribution < 1.29 is 13.9 Å². The molecule has 0 aromatic rings. The van der Waals surface area contributed by atoms with Gasteiger partial charge in [0.25, 0.3) is 0 Å². The Morgan fingerprint density at radius 2 is 2.05 bits per heavy atom. The Kier molecular flexibility index (Phi) is 4.87. The SMILES string of the molecule is CC(C)O[C@@H]1[C@H](F)CN(C(=O)C2CN(C)NN2)CC1(C)C. The second kappa shape index (κ2) is 6.16. The molecule has 3 atom stereocenters. The second-order valence-corrected chi connectivity index (χ2v) is 7.02. The number of nitrogens with zero attached hydrogens (tertiary/aromatic N) is 2. The summed E-state index contributed by atoms with van der Waals surface area (Å²) in [5, 5.41) is 1.80. The Morgan fingerprint density at radius 1 is 1.38 bits per heavy atom. The highest BCUT2D eigenvalue weighted by atomic mass is 19.1. The van der Waals surface area contributed by atoms with Gasteiger partial charge in [-0.3, -0.25) is 4.79 Å². The summed E-state index contributed by atoms with van der Waals surface area (Å²) in [4.78, 5) is 14.1. The van der Waals surface area contributed by atoms with E-state index in [0.29, 0.717) is 13.1 Å². The normalized spacial score (nSPS) is 33.7. The first-order valence-electron chi connectivity index (χ1n) is 7.51. The number of likely N-dealkylation sites (N-methyl/N-ethyl adjacent to an activating group) is 1. The van der Waals surface area contributed by atoms with Crippen molar-refractivity contribution in [3.8, 4) is 0 Å². The molecule has 0 aromatic heterocycles. The molecule has 122 valence electrons. The summed E-state index contributed by atoms with van der Waals surface area (Å²) in [6, 6.07) is -0.333. The third kappa shape index (κ3) is 3.71. The van der Waals surface area contributed by atoms with Crippen molar-refractivity contribution in [1.29, 1.82) is 0 Å². The van der Waals surface area contributed by atoms with Gasteiger partial charge in [0.2, 0.25) is 5.91 Å². The molecule has 7 heteroatoms. The quantitative estimate of drug-likeness (QED) is 0.786. The van der Waals surface area contributed by atoms with Crippen LogP contribution in [-0.2, 0) is 9.53 Å². The number of rotatable bonds is 3. The van der Waals surface area contributed by atoms with E-state index in [1.54, 1.807) is 9.91 Å². The highest BCUT2D eigenvalue weighted by molar-refractivity contribution is 5.82. The van der Waals surface area contributed by atoms with Gasteiger partial charge in [0.1, 0.15) is 12.2 Å². The van der Waals surface area contributed by atoms with Crippen LogP contribution in [0.4, 0.5) is 4.39 Å². The first-order valence-corrected chi connectivity index (χ1v) is 7.51. The van der Waals surface area contributed by atoms with E-state index in [9.17, 15) is 9.18 Å². The highest BCUT2D eigenvalue weighted by Gasteiger charge is 2.46. The number of piperidine rings is 1. The van der Waals surface area contributed by atoms with Gasteiger partial charge in [-0.05, 0) is 13.8 Å². The standard InChI is InChI=1S/C14H27FN4O2/c1-9(2)21-12-10(15)6-19(8-14(12,3)4)13(20)11-7-18(5)17-16-11/h9-12,16-17H,6-8H2,1-5H3/t10-,11?,12-/m1/s1. The van der Waals surface area contributed by atoms with Crippen LogP contribution in [0.15, 0.2) is 0 Å². The molecule has 0 aromatic carbocycles. The van der Waals surface area contributed by atoms with E-state index in [-0.39, 0.29) is 24.6 Å². The fourth-order valence-electron chi connectivity index (χ4n) is 3.09. The third-order valence-corrected chi connectivity index (χ3v) is 4.01. The number of hydrazine groups is 2. The van der Waals surface area contributed by atoms with Gasteiger partial charge in [-0.1, -0.05) is 13.8 Å². The minimum absolute atomic E-state index is 0.0240. The average molecular weight is 302 g/mol. The lowest BCUT2D eigenvalue weighted by molar-refractivity contribution is -0.157. The molecule has 0 spiro atoms. The Bertz CT molecular complexity index is 391. The number of ether oxygens (including phenoxy) is 1. The van der Waals surface area contributed by atoms with Gasteiger partial charge in [0, 0.05) is 25.6 Å². The van der Waals surface area contributed by atoms with E-state index in [1.165, 1.54) is 0 Å². The molecule has 0 bridgehead atoms. The maximum atomic E-state index is 14.5. The second-order valence-electron chi connectivity index (χ2n) is 7.02. The van der Waals surface area contributed by atoms with E-state index in [2.05, 4.69) is 11.0 Å². The number of nitrogens with one attached hydrogen (secondary N) is 2. The first-order chi connectivity index (χ1) is 9.70. The van der Waals surface area contributed by atoms with Gasteiger partial charge in [-0.25, -0.2) is 14.8 Å². The van der Waals surface area contributed by atoms with E-state index < -0.39 is 17.7 Å². The van der Waals surface area contributed by atoms with Crippen molar-refractivity contribution in [2.24, 2.45) is 5.41 Å². The van der Waals surface area contributed by atoms with Crippen molar-refractivity contribution in [3.05, 3.63) is 0 Å². The molecule has 2 aliphatic heterocycles.